The normalized spacial score (nSPS) is 10.9. The van der Waals surface area contributed by atoms with Crippen molar-refractivity contribution in [3.63, 3.8) is 0 Å². The maximum absolute atomic E-state index is 12.1. The van der Waals surface area contributed by atoms with Gasteiger partial charge in [-0.05, 0) is 48.7 Å². The first-order chi connectivity index (χ1) is 14.5. The van der Waals surface area contributed by atoms with Crippen molar-refractivity contribution in [3.8, 4) is 17.1 Å². The molecule has 0 aliphatic carbocycles. The smallest absolute Gasteiger partial charge is 0.410 e. The van der Waals surface area contributed by atoms with E-state index in [1.807, 2.05) is 12.1 Å². The number of fused-ring (bicyclic) bond motifs is 1. The lowest BCUT2D eigenvalue weighted by atomic mass is 10.1. The summed E-state index contributed by atoms with van der Waals surface area (Å²) in [7, 11) is 0. The Morgan fingerprint density at radius 2 is 1.83 bits per heavy atom. The quantitative estimate of drug-likeness (QED) is 0.390. The molecule has 0 fully saturated rings. The lowest BCUT2D eigenvalue weighted by molar-refractivity contribution is 0.200. The van der Waals surface area contributed by atoms with Gasteiger partial charge in [0.15, 0.2) is 0 Å². The molecule has 0 unspecified atom stereocenters. The van der Waals surface area contributed by atoms with Crippen molar-refractivity contribution in [2.24, 2.45) is 0 Å². The van der Waals surface area contributed by atoms with E-state index in [9.17, 15) is 4.79 Å². The lowest BCUT2D eigenvalue weighted by Gasteiger charge is -2.08. The maximum Gasteiger partial charge on any atom is 0.412 e. The van der Waals surface area contributed by atoms with Crippen LogP contribution in [0.1, 0.15) is 11.1 Å². The number of imidazole rings is 1. The van der Waals surface area contributed by atoms with Crippen molar-refractivity contribution in [1.82, 2.24) is 15.3 Å². The number of benzene rings is 3. The summed E-state index contributed by atoms with van der Waals surface area (Å²) in [6.45, 7) is 2.54. The molecule has 30 heavy (non-hydrogen) atoms. The molecule has 0 radical (unpaired) electrons. The van der Waals surface area contributed by atoms with E-state index in [0.29, 0.717) is 44.8 Å². The van der Waals surface area contributed by atoms with Crippen molar-refractivity contribution < 1.29 is 9.53 Å². The van der Waals surface area contributed by atoms with E-state index in [2.05, 4.69) is 34.3 Å². The van der Waals surface area contributed by atoms with Crippen LogP contribution in [0, 0.1) is 6.92 Å². The van der Waals surface area contributed by atoms with Crippen LogP contribution in [0.15, 0.2) is 60.7 Å². The maximum atomic E-state index is 12.1. The predicted octanol–water partition coefficient (Wildman–Crippen LogP) is 6.18. The van der Waals surface area contributed by atoms with Gasteiger partial charge in [-0.2, -0.15) is 0 Å². The fourth-order valence-corrected chi connectivity index (χ4v) is 3.80. The molecule has 1 heterocycles. The summed E-state index contributed by atoms with van der Waals surface area (Å²) >= 11 is 12.5. The summed E-state index contributed by atoms with van der Waals surface area (Å²) in [4.78, 5) is 19.9. The molecule has 0 aliphatic rings. The highest BCUT2D eigenvalue weighted by atomic mass is 35.5. The third-order valence-electron chi connectivity index (χ3n) is 4.79. The van der Waals surface area contributed by atoms with Gasteiger partial charge in [0, 0.05) is 12.6 Å². The average molecular weight is 440 g/mol. The van der Waals surface area contributed by atoms with Gasteiger partial charge in [-0.15, -0.1) is 0 Å². The molecule has 3 aromatic carbocycles. The van der Waals surface area contributed by atoms with Crippen molar-refractivity contribution in [2.75, 3.05) is 6.54 Å². The number of H-pyrrole nitrogens is 1. The molecule has 0 atom stereocenters. The standard InChI is InChI=1S/C23H19Cl2N3O2/c1-14-5-2-3-6-15(14)11-12-26-23(29)30-16-9-10-19-20(13-16)28-22(27-19)21-17(24)7-4-8-18(21)25/h2-10,13H,11-12H2,1H3,(H,26,29)(H,27,28). The Hall–Kier alpha value is -3.02. The minimum Gasteiger partial charge on any atom is -0.410 e. The van der Waals surface area contributed by atoms with Crippen LogP contribution >= 0.6 is 23.2 Å². The van der Waals surface area contributed by atoms with Crippen LogP contribution in [0.25, 0.3) is 22.4 Å². The van der Waals surface area contributed by atoms with E-state index in [-0.39, 0.29) is 0 Å². The van der Waals surface area contributed by atoms with Gasteiger partial charge >= 0.3 is 6.09 Å². The molecule has 0 spiro atoms. The van der Waals surface area contributed by atoms with Crippen LogP contribution in [0.5, 0.6) is 5.75 Å². The first-order valence-electron chi connectivity index (χ1n) is 9.45. The number of nitrogens with zero attached hydrogens (tertiary/aromatic N) is 1. The molecule has 4 rings (SSSR count). The Morgan fingerprint density at radius 1 is 1.07 bits per heavy atom. The summed E-state index contributed by atoms with van der Waals surface area (Å²) < 4.78 is 5.40. The second kappa shape index (κ2) is 8.78. The number of carbonyl (C=O) groups is 1. The molecule has 0 bridgehead atoms. The van der Waals surface area contributed by atoms with Gasteiger partial charge in [-0.3, -0.25) is 0 Å². The number of aromatic nitrogens is 2. The Morgan fingerprint density at radius 3 is 2.60 bits per heavy atom. The van der Waals surface area contributed by atoms with Gasteiger partial charge in [0.2, 0.25) is 0 Å². The van der Waals surface area contributed by atoms with E-state index >= 15 is 0 Å². The first kappa shape index (κ1) is 20.3. The van der Waals surface area contributed by atoms with Crippen molar-refractivity contribution in [2.45, 2.75) is 13.3 Å². The average Bonchev–Trinajstić information content (AvgIpc) is 3.12. The van der Waals surface area contributed by atoms with E-state index < -0.39 is 6.09 Å². The third kappa shape index (κ3) is 4.42. The zero-order valence-electron chi connectivity index (χ0n) is 16.2. The molecule has 1 aromatic heterocycles. The first-order valence-corrected chi connectivity index (χ1v) is 10.2. The highest BCUT2D eigenvalue weighted by molar-refractivity contribution is 6.39. The number of aromatic amines is 1. The molecule has 5 nitrogen and oxygen atoms in total. The van der Waals surface area contributed by atoms with E-state index in [4.69, 9.17) is 27.9 Å². The van der Waals surface area contributed by atoms with Crippen LogP contribution in [-0.4, -0.2) is 22.6 Å². The number of halogens is 2. The summed E-state index contributed by atoms with van der Waals surface area (Å²) in [6.07, 6.45) is 0.236. The van der Waals surface area contributed by atoms with Crippen LogP contribution in [0.3, 0.4) is 0 Å². The van der Waals surface area contributed by atoms with Crippen LogP contribution in [0.2, 0.25) is 10.0 Å². The van der Waals surface area contributed by atoms with Gasteiger partial charge in [0.05, 0.1) is 26.6 Å². The Bertz CT molecular complexity index is 1200. The Kier molecular flexibility index (Phi) is 5.93. The minimum atomic E-state index is -0.503. The highest BCUT2D eigenvalue weighted by Gasteiger charge is 2.14. The van der Waals surface area contributed by atoms with Crippen LogP contribution in [0.4, 0.5) is 4.79 Å². The van der Waals surface area contributed by atoms with Crippen molar-refractivity contribution in [3.05, 3.63) is 81.8 Å². The van der Waals surface area contributed by atoms with Gasteiger partial charge < -0.3 is 15.0 Å². The number of ether oxygens (including phenoxy) is 1. The third-order valence-corrected chi connectivity index (χ3v) is 5.42. The second-order valence-electron chi connectivity index (χ2n) is 6.85. The summed E-state index contributed by atoms with van der Waals surface area (Å²) in [6, 6.07) is 18.6. The lowest BCUT2D eigenvalue weighted by Crippen LogP contribution is -2.28. The zero-order chi connectivity index (χ0) is 21.1. The fourth-order valence-electron chi connectivity index (χ4n) is 3.23. The Labute approximate surface area is 184 Å². The Balaban J connectivity index is 1.43. The predicted molar refractivity (Wildman–Crippen MR) is 120 cm³/mol. The SMILES string of the molecule is Cc1ccccc1CCNC(=O)Oc1ccc2nc(-c3c(Cl)cccc3Cl)[nH]c2c1. The molecular formula is C23H19Cl2N3O2. The van der Waals surface area contributed by atoms with Crippen LogP contribution in [-0.2, 0) is 6.42 Å². The molecule has 7 heteroatoms. The number of carbonyl (C=O) groups excluding carboxylic acids is 1. The highest BCUT2D eigenvalue weighted by Crippen LogP contribution is 2.34. The molecule has 152 valence electrons. The number of hydrogen-bond acceptors (Lipinski definition) is 3. The topological polar surface area (TPSA) is 67.0 Å². The van der Waals surface area contributed by atoms with Gasteiger partial charge in [-0.25, -0.2) is 9.78 Å². The largest absolute Gasteiger partial charge is 0.412 e. The monoisotopic (exact) mass is 439 g/mol. The molecule has 0 saturated heterocycles. The number of amides is 1. The minimum absolute atomic E-state index is 0.413. The van der Waals surface area contributed by atoms with Gasteiger partial charge in [0.25, 0.3) is 0 Å². The van der Waals surface area contributed by atoms with Crippen molar-refractivity contribution in [1.29, 1.82) is 0 Å². The summed E-state index contributed by atoms with van der Waals surface area (Å²) in [5.74, 6) is 0.969. The summed E-state index contributed by atoms with van der Waals surface area (Å²) in [5.41, 5.74) is 4.46. The summed E-state index contributed by atoms with van der Waals surface area (Å²) in [5, 5.41) is 3.79. The van der Waals surface area contributed by atoms with Gasteiger partial charge in [0.1, 0.15) is 11.6 Å². The van der Waals surface area contributed by atoms with Gasteiger partial charge in [-0.1, -0.05) is 53.5 Å². The van der Waals surface area contributed by atoms with E-state index in [1.54, 1.807) is 36.4 Å². The molecule has 0 aliphatic heterocycles. The number of nitrogens with one attached hydrogen (secondary N) is 2. The van der Waals surface area contributed by atoms with Crippen LogP contribution < -0.4 is 10.1 Å². The zero-order valence-corrected chi connectivity index (χ0v) is 17.7. The molecule has 2 N–H and O–H groups in total. The second-order valence-corrected chi connectivity index (χ2v) is 7.67. The molecule has 1 amide bonds. The molecule has 0 saturated carbocycles. The van der Waals surface area contributed by atoms with E-state index in [0.717, 1.165) is 6.42 Å². The number of rotatable bonds is 5. The fraction of sp³-hybridized carbons (Fsp3) is 0.130. The number of hydrogen-bond donors (Lipinski definition) is 2. The molecule has 4 aromatic rings. The number of aryl methyl sites for hydroxylation is 1. The van der Waals surface area contributed by atoms with E-state index in [1.165, 1.54) is 11.1 Å². The molecular weight excluding hydrogens is 421 g/mol. The van der Waals surface area contributed by atoms with Crippen molar-refractivity contribution >= 4 is 40.3 Å².